The Morgan fingerprint density at radius 3 is 2.76 bits per heavy atom. The van der Waals surface area contributed by atoms with Crippen molar-refractivity contribution < 1.29 is 9.53 Å². The highest BCUT2D eigenvalue weighted by molar-refractivity contribution is 5.78. The van der Waals surface area contributed by atoms with Crippen LogP contribution >= 0.6 is 0 Å². The molecule has 0 heterocycles. The van der Waals surface area contributed by atoms with Crippen LogP contribution in [0.1, 0.15) is 49.8 Å². The molecule has 3 nitrogen and oxygen atoms in total. The Labute approximate surface area is 128 Å². The third-order valence-corrected chi connectivity index (χ3v) is 3.87. The molecule has 3 heteroatoms. The maximum absolute atomic E-state index is 11.9. The van der Waals surface area contributed by atoms with Gasteiger partial charge in [0.2, 0.25) is 5.91 Å². The first kappa shape index (κ1) is 16.0. The van der Waals surface area contributed by atoms with Gasteiger partial charge in [-0.25, -0.2) is 0 Å². The van der Waals surface area contributed by atoms with Crippen molar-refractivity contribution in [3.8, 4) is 0 Å². The second kappa shape index (κ2) is 8.18. The fourth-order valence-electron chi connectivity index (χ4n) is 2.76. The molecule has 1 N–H and O–H groups in total. The van der Waals surface area contributed by atoms with E-state index in [1.165, 1.54) is 30.4 Å². The lowest BCUT2D eigenvalue weighted by atomic mass is 9.90. The standard InChI is InChI=1S/C18H27NO2/c1-14(2)21-11-5-10-19-18(20)13-15-8-9-16-6-3-4-7-17(16)12-15/h8-9,12,14H,3-7,10-11,13H2,1-2H3,(H,19,20). The van der Waals surface area contributed by atoms with E-state index in [1.807, 2.05) is 13.8 Å². The van der Waals surface area contributed by atoms with Gasteiger partial charge >= 0.3 is 0 Å². The van der Waals surface area contributed by atoms with E-state index in [0.29, 0.717) is 19.6 Å². The third-order valence-electron chi connectivity index (χ3n) is 3.87. The lowest BCUT2D eigenvalue weighted by Gasteiger charge is -2.16. The van der Waals surface area contributed by atoms with Crippen molar-refractivity contribution in [3.63, 3.8) is 0 Å². The van der Waals surface area contributed by atoms with Gasteiger partial charge in [-0.2, -0.15) is 0 Å². The van der Waals surface area contributed by atoms with Crippen molar-refractivity contribution >= 4 is 5.91 Å². The first-order chi connectivity index (χ1) is 10.1. The van der Waals surface area contributed by atoms with Gasteiger partial charge in [0.25, 0.3) is 0 Å². The monoisotopic (exact) mass is 289 g/mol. The SMILES string of the molecule is CC(C)OCCCNC(=O)Cc1ccc2c(c1)CCCC2. The summed E-state index contributed by atoms with van der Waals surface area (Å²) in [5.74, 6) is 0.107. The van der Waals surface area contributed by atoms with Crippen LogP contribution in [0.4, 0.5) is 0 Å². The Hall–Kier alpha value is -1.35. The van der Waals surface area contributed by atoms with Gasteiger partial charge in [0.05, 0.1) is 12.5 Å². The molecule has 0 aliphatic heterocycles. The molecule has 2 rings (SSSR count). The lowest BCUT2D eigenvalue weighted by molar-refractivity contribution is -0.120. The van der Waals surface area contributed by atoms with Gasteiger partial charge < -0.3 is 10.1 Å². The summed E-state index contributed by atoms with van der Waals surface area (Å²) in [4.78, 5) is 11.9. The lowest BCUT2D eigenvalue weighted by Crippen LogP contribution is -2.27. The van der Waals surface area contributed by atoms with Gasteiger partial charge in [-0.15, -0.1) is 0 Å². The minimum atomic E-state index is 0.107. The molecule has 1 aromatic rings. The third kappa shape index (κ3) is 5.50. The van der Waals surface area contributed by atoms with Crippen molar-refractivity contribution in [3.05, 3.63) is 34.9 Å². The molecule has 0 unspecified atom stereocenters. The molecule has 0 aromatic heterocycles. The molecule has 116 valence electrons. The van der Waals surface area contributed by atoms with Gasteiger partial charge in [0.1, 0.15) is 0 Å². The normalized spacial score (nSPS) is 14.0. The zero-order valence-electron chi connectivity index (χ0n) is 13.3. The van der Waals surface area contributed by atoms with Crippen LogP contribution in [-0.2, 0) is 28.8 Å². The maximum Gasteiger partial charge on any atom is 0.224 e. The number of carbonyl (C=O) groups excluding carboxylic acids is 1. The number of hydrogen-bond acceptors (Lipinski definition) is 2. The molecule has 1 aliphatic rings. The Kier molecular flexibility index (Phi) is 6.24. The summed E-state index contributed by atoms with van der Waals surface area (Å²) in [7, 11) is 0. The van der Waals surface area contributed by atoms with E-state index in [2.05, 4.69) is 23.5 Å². The first-order valence-corrected chi connectivity index (χ1v) is 8.14. The molecular weight excluding hydrogens is 262 g/mol. The molecule has 1 aromatic carbocycles. The molecule has 1 amide bonds. The number of benzene rings is 1. The predicted octanol–water partition coefficient (Wildman–Crippen LogP) is 3.04. The second-order valence-electron chi connectivity index (χ2n) is 6.11. The highest BCUT2D eigenvalue weighted by Gasteiger charge is 2.10. The van der Waals surface area contributed by atoms with Gasteiger partial charge in [0, 0.05) is 13.2 Å². The Balaban J connectivity index is 1.72. The number of carbonyl (C=O) groups is 1. The first-order valence-electron chi connectivity index (χ1n) is 8.14. The number of ether oxygens (including phenoxy) is 1. The highest BCUT2D eigenvalue weighted by atomic mass is 16.5. The van der Waals surface area contributed by atoms with Crippen molar-refractivity contribution in [1.29, 1.82) is 0 Å². The molecular formula is C18H27NO2. The Morgan fingerprint density at radius 2 is 2.00 bits per heavy atom. The topological polar surface area (TPSA) is 38.3 Å². The van der Waals surface area contributed by atoms with Crippen LogP contribution in [0.25, 0.3) is 0 Å². The molecule has 0 spiro atoms. The summed E-state index contributed by atoms with van der Waals surface area (Å²) in [5.41, 5.74) is 4.04. The molecule has 0 atom stereocenters. The summed E-state index contributed by atoms with van der Waals surface area (Å²) in [6.45, 7) is 5.44. The van der Waals surface area contributed by atoms with E-state index >= 15 is 0 Å². The van der Waals surface area contributed by atoms with Crippen molar-refractivity contribution in [2.45, 2.75) is 58.5 Å². The summed E-state index contributed by atoms with van der Waals surface area (Å²) < 4.78 is 5.45. The van der Waals surface area contributed by atoms with Gasteiger partial charge in [-0.05, 0) is 62.6 Å². The van der Waals surface area contributed by atoms with Crippen LogP contribution in [-0.4, -0.2) is 25.2 Å². The Morgan fingerprint density at radius 1 is 1.24 bits per heavy atom. The van der Waals surface area contributed by atoms with Crippen molar-refractivity contribution in [2.24, 2.45) is 0 Å². The minimum Gasteiger partial charge on any atom is -0.379 e. The van der Waals surface area contributed by atoms with Crippen LogP contribution < -0.4 is 5.32 Å². The summed E-state index contributed by atoms with van der Waals surface area (Å²) >= 11 is 0. The largest absolute Gasteiger partial charge is 0.379 e. The minimum absolute atomic E-state index is 0.107. The number of fused-ring (bicyclic) bond motifs is 1. The predicted molar refractivity (Wildman–Crippen MR) is 85.5 cm³/mol. The van der Waals surface area contributed by atoms with E-state index in [9.17, 15) is 4.79 Å². The quantitative estimate of drug-likeness (QED) is 0.784. The fourth-order valence-corrected chi connectivity index (χ4v) is 2.76. The molecule has 1 aliphatic carbocycles. The second-order valence-corrected chi connectivity index (χ2v) is 6.11. The van der Waals surface area contributed by atoms with Gasteiger partial charge in [-0.1, -0.05) is 18.2 Å². The maximum atomic E-state index is 11.9. The Bertz CT molecular complexity index is 468. The number of amides is 1. The van der Waals surface area contributed by atoms with Crippen LogP contribution in [0.2, 0.25) is 0 Å². The van der Waals surface area contributed by atoms with Crippen LogP contribution in [0, 0.1) is 0 Å². The van der Waals surface area contributed by atoms with Crippen molar-refractivity contribution in [2.75, 3.05) is 13.2 Å². The van der Waals surface area contributed by atoms with E-state index in [4.69, 9.17) is 4.74 Å². The van der Waals surface area contributed by atoms with E-state index < -0.39 is 0 Å². The molecule has 0 radical (unpaired) electrons. The van der Waals surface area contributed by atoms with E-state index in [0.717, 1.165) is 18.4 Å². The summed E-state index contributed by atoms with van der Waals surface area (Å²) in [6.07, 6.45) is 6.54. The molecule has 0 saturated heterocycles. The number of rotatable bonds is 7. The van der Waals surface area contributed by atoms with Crippen LogP contribution in [0.15, 0.2) is 18.2 Å². The average Bonchev–Trinajstić information content (AvgIpc) is 2.46. The number of aryl methyl sites for hydroxylation is 2. The fraction of sp³-hybridized carbons (Fsp3) is 0.611. The smallest absolute Gasteiger partial charge is 0.224 e. The number of nitrogens with one attached hydrogen (secondary N) is 1. The van der Waals surface area contributed by atoms with E-state index in [-0.39, 0.29) is 12.0 Å². The van der Waals surface area contributed by atoms with Crippen LogP contribution in [0.5, 0.6) is 0 Å². The summed E-state index contributed by atoms with van der Waals surface area (Å²) in [6, 6.07) is 6.52. The zero-order chi connectivity index (χ0) is 15.1. The average molecular weight is 289 g/mol. The van der Waals surface area contributed by atoms with Crippen molar-refractivity contribution in [1.82, 2.24) is 5.32 Å². The molecule has 0 fully saturated rings. The zero-order valence-corrected chi connectivity index (χ0v) is 13.3. The van der Waals surface area contributed by atoms with Crippen LogP contribution in [0.3, 0.4) is 0 Å². The molecule has 21 heavy (non-hydrogen) atoms. The summed E-state index contributed by atoms with van der Waals surface area (Å²) in [5, 5.41) is 2.97. The van der Waals surface area contributed by atoms with Gasteiger partial charge in [-0.3, -0.25) is 4.79 Å². The van der Waals surface area contributed by atoms with Gasteiger partial charge in [0.15, 0.2) is 0 Å². The molecule has 0 bridgehead atoms. The molecule has 0 saturated carbocycles. The highest BCUT2D eigenvalue weighted by Crippen LogP contribution is 2.22. The van der Waals surface area contributed by atoms with E-state index in [1.54, 1.807) is 0 Å². The number of hydrogen-bond donors (Lipinski definition) is 1.